The highest BCUT2D eigenvalue weighted by Gasteiger charge is 2.34. The average molecular weight is 496 g/mol. The largest absolute Gasteiger partial charge is 0.489 e. The van der Waals surface area contributed by atoms with Gasteiger partial charge in [-0.15, -0.1) is 0 Å². The van der Waals surface area contributed by atoms with E-state index in [0.717, 1.165) is 0 Å². The molecule has 0 aliphatic carbocycles. The fraction of sp³-hybridized carbons (Fsp3) is 0.200. The van der Waals surface area contributed by atoms with Gasteiger partial charge in [-0.1, -0.05) is 52.6 Å². The van der Waals surface area contributed by atoms with Crippen molar-refractivity contribution in [3.8, 4) is 11.5 Å². The Hall–Kier alpha value is -2.98. The Kier molecular flexibility index (Phi) is 8.73. The Bertz CT molecular complexity index is 1020. The molecule has 0 amide bonds. The molecule has 0 unspecified atom stereocenters. The molecule has 0 saturated heterocycles. The van der Waals surface area contributed by atoms with Gasteiger partial charge < -0.3 is 19.4 Å². The van der Waals surface area contributed by atoms with E-state index < -0.39 is 24.6 Å². The Morgan fingerprint density at radius 3 is 2.34 bits per heavy atom. The van der Waals surface area contributed by atoms with Crippen LogP contribution in [-0.2, 0) is 16.2 Å². The predicted octanol–water partition coefficient (Wildman–Crippen LogP) is 5.80. The number of carboxylic acid groups (broad SMARTS) is 1. The zero-order valence-corrected chi connectivity index (χ0v) is 17.8. The summed E-state index contributed by atoms with van der Waals surface area (Å²) < 4.78 is 60.0. The molecule has 0 aromatic heterocycles. The zero-order chi connectivity index (χ0) is 23.9. The summed E-state index contributed by atoms with van der Waals surface area (Å²) in [4.78, 5) is 16.0. The Balaban J connectivity index is 2.16. The molecule has 2 rings (SSSR count). The molecule has 0 spiro atoms. The van der Waals surface area contributed by atoms with Crippen LogP contribution < -0.4 is 9.47 Å². The number of oxime groups is 1. The monoisotopic (exact) mass is 495 g/mol. The molecule has 0 aliphatic heterocycles. The highest BCUT2D eigenvalue weighted by molar-refractivity contribution is 6.42. The molecule has 0 fully saturated rings. The van der Waals surface area contributed by atoms with Crippen molar-refractivity contribution in [2.75, 3.05) is 13.7 Å². The molecule has 0 bridgehead atoms. The maximum atomic E-state index is 12.8. The second kappa shape index (κ2) is 11.1. The summed E-state index contributed by atoms with van der Waals surface area (Å²) in [5, 5.41) is 12.7. The number of benzene rings is 2. The number of allylic oxidation sites excluding steroid dienone is 1. The average Bonchev–Trinajstić information content (AvgIpc) is 2.71. The van der Waals surface area contributed by atoms with Gasteiger partial charge in [0, 0.05) is 17.7 Å². The van der Waals surface area contributed by atoms with Gasteiger partial charge in [0.15, 0.2) is 11.5 Å². The topological polar surface area (TPSA) is 77.4 Å². The first-order chi connectivity index (χ1) is 15.0. The van der Waals surface area contributed by atoms with E-state index in [1.165, 1.54) is 25.3 Å². The lowest BCUT2D eigenvalue weighted by Crippen LogP contribution is -2.17. The molecule has 0 atom stereocenters. The minimum absolute atomic E-state index is 0.0891. The van der Waals surface area contributed by atoms with Crippen molar-refractivity contribution >= 4 is 34.9 Å². The molecule has 32 heavy (non-hydrogen) atoms. The van der Waals surface area contributed by atoms with Gasteiger partial charge in [-0.2, -0.15) is 13.2 Å². The van der Waals surface area contributed by atoms with Crippen LogP contribution in [-0.4, -0.2) is 36.7 Å². The van der Waals surface area contributed by atoms with Crippen molar-refractivity contribution in [1.82, 2.24) is 0 Å². The summed E-state index contributed by atoms with van der Waals surface area (Å²) in [5.74, 6) is -3.60. The quantitative estimate of drug-likeness (QED) is 0.270. The van der Waals surface area contributed by atoms with E-state index in [9.17, 15) is 27.5 Å². The van der Waals surface area contributed by atoms with E-state index in [2.05, 4.69) is 9.99 Å². The van der Waals surface area contributed by atoms with Crippen LogP contribution in [0.15, 0.2) is 53.5 Å². The Morgan fingerprint density at radius 2 is 1.78 bits per heavy atom. The van der Waals surface area contributed by atoms with Crippen LogP contribution in [0.2, 0.25) is 10.0 Å². The maximum absolute atomic E-state index is 12.8. The molecule has 0 radical (unpaired) electrons. The zero-order valence-electron chi connectivity index (χ0n) is 16.3. The van der Waals surface area contributed by atoms with Gasteiger partial charge in [-0.05, 0) is 11.6 Å². The summed E-state index contributed by atoms with van der Waals surface area (Å²) in [7, 11) is 1.21. The number of rotatable bonds is 9. The van der Waals surface area contributed by atoms with Crippen LogP contribution in [0.25, 0.3) is 0 Å². The molecule has 172 valence electrons. The third-order valence-corrected chi connectivity index (χ3v) is 4.35. The van der Waals surface area contributed by atoms with E-state index in [1.54, 1.807) is 18.2 Å². The SMILES string of the molecule is CO/N=C(/C(=O)O)c1ccccc1COc1cc(Cl)c(OCC=C(F)C(F)(F)F)c(Cl)c1. The van der Waals surface area contributed by atoms with Crippen molar-refractivity contribution in [3.63, 3.8) is 0 Å². The normalized spacial score (nSPS) is 12.5. The maximum Gasteiger partial charge on any atom is 0.442 e. The second-order valence-corrected chi connectivity index (χ2v) is 6.76. The van der Waals surface area contributed by atoms with E-state index in [4.69, 9.17) is 32.7 Å². The summed E-state index contributed by atoms with van der Waals surface area (Å²) in [6.45, 7) is -0.853. The van der Waals surface area contributed by atoms with Crippen LogP contribution in [0.1, 0.15) is 11.1 Å². The van der Waals surface area contributed by atoms with Crippen LogP contribution in [0.3, 0.4) is 0 Å². The van der Waals surface area contributed by atoms with Crippen molar-refractivity contribution in [3.05, 3.63) is 69.5 Å². The number of halogens is 6. The number of carboxylic acids is 1. The van der Waals surface area contributed by atoms with Gasteiger partial charge in [0.2, 0.25) is 5.83 Å². The van der Waals surface area contributed by atoms with E-state index in [1.807, 2.05) is 0 Å². The van der Waals surface area contributed by atoms with Crippen LogP contribution in [0, 0.1) is 0 Å². The standard InChI is InChI=1S/C20H15Cl2F4NO5/c1-30-27-17(19(28)29)13-5-3-2-4-11(13)10-32-12-8-14(21)18(15(22)9-12)31-7-6-16(23)20(24,25)26/h2-6,8-9H,7,10H2,1H3,(H,28,29)/b16-6?,27-17+. The van der Waals surface area contributed by atoms with E-state index in [-0.39, 0.29) is 45.5 Å². The molecule has 0 saturated carbocycles. The van der Waals surface area contributed by atoms with Crippen molar-refractivity contribution in [2.45, 2.75) is 12.8 Å². The highest BCUT2D eigenvalue weighted by Crippen LogP contribution is 2.37. The minimum atomic E-state index is -5.11. The van der Waals surface area contributed by atoms with E-state index in [0.29, 0.717) is 5.56 Å². The number of carbonyl (C=O) groups is 1. The lowest BCUT2D eigenvalue weighted by atomic mass is 10.0. The van der Waals surface area contributed by atoms with Gasteiger partial charge >= 0.3 is 12.1 Å². The first kappa shape index (κ1) is 25.3. The predicted molar refractivity (Wildman–Crippen MR) is 109 cm³/mol. The van der Waals surface area contributed by atoms with Crippen LogP contribution in [0.4, 0.5) is 17.6 Å². The second-order valence-electron chi connectivity index (χ2n) is 5.95. The van der Waals surface area contributed by atoms with Gasteiger partial charge in [0.25, 0.3) is 0 Å². The number of hydrogen-bond acceptors (Lipinski definition) is 5. The number of hydrogen-bond donors (Lipinski definition) is 1. The fourth-order valence-electron chi connectivity index (χ4n) is 2.40. The van der Waals surface area contributed by atoms with Gasteiger partial charge in [-0.25, -0.2) is 9.18 Å². The molecule has 2 aromatic carbocycles. The van der Waals surface area contributed by atoms with Crippen molar-refractivity contribution in [2.24, 2.45) is 5.16 Å². The summed E-state index contributed by atoms with van der Waals surface area (Å²) >= 11 is 12.1. The summed E-state index contributed by atoms with van der Waals surface area (Å²) in [6.07, 6.45) is -4.91. The Morgan fingerprint density at radius 1 is 1.16 bits per heavy atom. The van der Waals surface area contributed by atoms with Gasteiger partial charge in [0.05, 0.1) is 10.0 Å². The van der Waals surface area contributed by atoms with Gasteiger partial charge in [-0.3, -0.25) is 0 Å². The third-order valence-electron chi connectivity index (χ3n) is 3.78. The number of aliphatic carboxylic acids is 1. The Labute approximate surface area is 189 Å². The number of alkyl halides is 3. The first-order valence-electron chi connectivity index (χ1n) is 8.64. The van der Waals surface area contributed by atoms with Crippen LogP contribution in [0.5, 0.6) is 11.5 Å². The van der Waals surface area contributed by atoms with Crippen molar-refractivity contribution in [1.29, 1.82) is 0 Å². The first-order valence-corrected chi connectivity index (χ1v) is 9.40. The minimum Gasteiger partial charge on any atom is -0.489 e. The third kappa shape index (κ3) is 6.76. The molecule has 6 nitrogen and oxygen atoms in total. The molecule has 2 aromatic rings. The van der Waals surface area contributed by atoms with Crippen LogP contribution >= 0.6 is 23.2 Å². The number of ether oxygens (including phenoxy) is 2. The molecular formula is C20H15Cl2F4NO5. The smallest absolute Gasteiger partial charge is 0.442 e. The molecular weight excluding hydrogens is 481 g/mol. The summed E-state index contributed by atoms with van der Waals surface area (Å²) in [5.41, 5.74) is 0.397. The molecule has 12 heteroatoms. The number of nitrogens with zero attached hydrogens (tertiary/aromatic N) is 1. The van der Waals surface area contributed by atoms with Crippen molar-refractivity contribution < 1.29 is 41.8 Å². The van der Waals surface area contributed by atoms with Gasteiger partial charge in [0.1, 0.15) is 26.1 Å². The molecule has 0 heterocycles. The lowest BCUT2D eigenvalue weighted by Gasteiger charge is -2.13. The summed E-state index contributed by atoms with van der Waals surface area (Å²) in [6, 6.07) is 9.00. The van der Waals surface area contributed by atoms with E-state index >= 15 is 0 Å². The molecule has 1 N–H and O–H groups in total. The fourth-order valence-corrected chi connectivity index (χ4v) is 2.98. The molecule has 0 aliphatic rings. The lowest BCUT2D eigenvalue weighted by molar-refractivity contribution is -0.129. The highest BCUT2D eigenvalue weighted by atomic mass is 35.5.